The van der Waals surface area contributed by atoms with Crippen LogP contribution in [0.25, 0.3) is 11.1 Å². The molecule has 8 nitrogen and oxygen atoms in total. The number of aldehydes is 1. The van der Waals surface area contributed by atoms with Crippen LogP contribution in [-0.4, -0.2) is 43.3 Å². The van der Waals surface area contributed by atoms with Crippen molar-refractivity contribution < 1.29 is 33.3 Å². The van der Waals surface area contributed by atoms with Gasteiger partial charge in [0.25, 0.3) is 0 Å². The second-order valence-electron chi connectivity index (χ2n) is 9.67. The monoisotopic (exact) mass is 619 g/mol. The van der Waals surface area contributed by atoms with Gasteiger partial charge in [-0.05, 0) is 53.4 Å². The van der Waals surface area contributed by atoms with Gasteiger partial charge >= 0.3 is 5.97 Å². The van der Waals surface area contributed by atoms with Crippen molar-refractivity contribution >= 4 is 35.6 Å². The lowest BCUT2D eigenvalue weighted by molar-refractivity contribution is -0.140. The molecule has 3 aromatic carbocycles. The molecule has 0 fully saturated rings. The Hall–Kier alpha value is -4.21. The van der Waals surface area contributed by atoms with Crippen molar-refractivity contribution in [2.45, 2.75) is 31.5 Å². The Labute approximate surface area is 259 Å². The van der Waals surface area contributed by atoms with Crippen LogP contribution in [0.4, 0.5) is 0 Å². The van der Waals surface area contributed by atoms with Gasteiger partial charge in [0.1, 0.15) is 37.9 Å². The summed E-state index contributed by atoms with van der Waals surface area (Å²) in [6.45, 7) is 3.56. The van der Waals surface area contributed by atoms with Gasteiger partial charge in [0, 0.05) is 34.7 Å². The molecule has 0 saturated carbocycles. The van der Waals surface area contributed by atoms with E-state index in [1.165, 1.54) is 24.9 Å². The fourth-order valence-electron chi connectivity index (χ4n) is 4.53. The largest absolute Gasteiger partial charge is 0.488 e. The van der Waals surface area contributed by atoms with E-state index in [0.29, 0.717) is 53.8 Å². The Morgan fingerprint density at radius 2 is 1.81 bits per heavy atom. The Balaban J connectivity index is 1.27. The minimum Gasteiger partial charge on any atom is -0.488 e. The second-order valence-corrected chi connectivity index (χ2v) is 11.2. The highest BCUT2D eigenvalue weighted by atomic mass is 35.5. The Morgan fingerprint density at radius 1 is 1.00 bits per heavy atom. The van der Waals surface area contributed by atoms with Gasteiger partial charge in [0.15, 0.2) is 17.8 Å². The number of ether oxygens (including phenoxy) is 5. The summed E-state index contributed by atoms with van der Waals surface area (Å²) in [6, 6.07) is 17.1. The minimum absolute atomic E-state index is 0.178. The van der Waals surface area contributed by atoms with Crippen LogP contribution in [0, 0.1) is 6.92 Å². The van der Waals surface area contributed by atoms with Crippen LogP contribution in [0.2, 0.25) is 5.02 Å². The van der Waals surface area contributed by atoms with Gasteiger partial charge in [-0.25, -0.2) is 0 Å². The highest BCUT2D eigenvalue weighted by Gasteiger charge is 2.16. The summed E-state index contributed by atoms with van der Waals surface area (Å²) >= 11 is 7.99. The van der Waals surface area contributed by atoms with Crippen molar-refractivity contribution in [3.8, 4) is 34.1 Å². The SMILES string of the molecule is COC(=O)CCSc1cncc(COc2cc(OCc3cccc(-c4ccc5c(c4)OCCO5)c3C)c(Cl)cc2C=O)c1. The van der Waals surface area contributed by atoms with Gasteiger partial charge in [0.05, 0.1) is 24.1 Å². The summed E-state index contributed by atoms with van der Waals surface area (Å²) in [7, 11) is 1.37. The van der Waals surface area contributed by atoms with E-state index in [4.69, 9.17) is 30.5 Å². The van der Waals surface area contributed by atoms with Gasteiger partial charge in [0.2, 0.25) is 0 Å². The highest BCUT2D eigenvalue weighted by Crippen LogP contribution is 2.37. The van der Waals surface area contributed by atoms with E-state index < -0.39 is 0 Å². The van der Waals surface area contributed by atoms with Crippen LogP contribution in [0.1, 0.15) is 33.5 Å². The molecule has 43 heavy (non-hydrogen) atoms. The average Bonchev–Trinajstić information content (AvgIpc) is 3.03. The van der Waals surface area contributed by atoms with E-state index in [9.17, 15) is 9.59 Å². The molecular weight excluding hydrogens is 590 g/mol. The number of rotatable bonds is 12. The summed E-state index contributed by atoms with van der Waals surface area (Å²) in [5.41, 5.74) is 5.25. The third-order valence-electron chi connectivity index (χ3n) is 6.84. The zero-order valence-electron chi connectivity index (χ0n) is 23.8. The van der Waals surface area contributed by atoms with E-state index in [1.54, 1.807) is 18.5 Å². The molecule has 0 saturated heterocycles. The predicted octanol–water partition coefficient (Wildman–Crippen LogP) is 7.11. The zero-order valence-corrected chi connectivity index (χ0v) is 25.3. The van der Waals surface area contributed by atoms with Gasteiger partial charge < -0.3 is 23.7 Å². The number of carbonyl (C=O) groups excluding carboxylic acids is 2. The van der Waals surface area contributed by atoms with Gasteiger partial charge in [-0.15, -0.1) is 11.8 Å². The number of thioether (sulfide) groups is 1. The fraction of sp³-hybridized carbons (Fsp3) is 0.242. The zero-order chi connectivity index (χ0) is 30.2. The number of esters is 1. The molecule has 0 spiro atoms. The summed E-state index contributed by atoms with van der Waals surface area (Å²) in [6.07, 6.45) is 4.42. The summed E-state index contributed by atoms with van der Waals surface area (Å²) < 4.78 is 28.3. The summed E-state index contributed by atoms with van der Waals surface area (Å²) in [5, 5.41) is 0.306. The molecule has 0 radical (unpaired) electrons. The van der Waals surface area contributed by atoms with Crippen molar-refractivity contribution in [1.82, 2.24) is 4.98 Å². The number of hydrogen-bond acceptors (Lipinski definition) is 9. The van der Waals surface area contributed by atoms with Crippen LogP contribution < -0.4 is 18.9 Å². The topological polar surface area (TPSA) is 93.2 Å². The van der Waals surface area contributed by atoms with E-state index in [-0.39, 0.29) is 19.2 Å². The molecule has 0 unspecified atom stereocenters. The molecule has 5 rings (SSSR count). The normalized spacial score (nSPS) is 12.0. The Morgan fingerprint density at radius 3 is 2.63 bits per heavy atom. The first kappa shape index (κ1) is 30.3. The van der Waals surface area contributed by atoms with E-state index >= 15 is 0 Å². The maximum absolute atomic E-state index is 11.8. The first-order valence-corrected chi connectivity index (χ1v) is 15.0. The Kier molecular flexibility index (Phi) is 10.1. The number of carbonyl (C=O) groups is 2. The van der Waals surface area contributed by atoms with Crippen molar-refractivity contribution in [2.24, 2.45) is 0 Å². The van der Waals surface area contributed by atoms with Crippen LogP contribution in [-0.2, 0) is 22.7 Å². The third-order valence-corrected chi connectivity index (χ3v) is 8.10. The van der Waals surface area contributed by atoms with Gasteiger partial charge in [-0.2, -0.15) is 0 Å². The van der Waals surface area contributed by atoms with E-state index in [1.807, 2.05) is 43.3 Å². The molecule has 2 heterocycles. The molecule has 1 aromatic heterocycles. The van der Waals surface area contributed by atoms with Crippen molar-refractivity contribution in [3.63, 3.8) is 0 Å². The fourth-order valence-corrected chi connectivity index (χ4v) is 5.63. The highest BCUT2D eigenvalue weighted by molar-refractivity contribution is 7.99. The number of benzene rings is 3. The molecule has 1 aliphatic heterocycles. The number of nitrogens with zero attached hydrogens (tertiary/aromatic N) is 1. The number of hydrogen-bond donors (Lipinski definition) is 0. The first-order valence-electron chi connectivity index (χ1n) is 13.6. The molecule has 0 N–H and O–H groups in total. The van der Waals surface area contributed by atoms with Crippen molar-refractivity contribution in [3.05, 3.63) is 94.3 Å². The van der Waals surface area contributed by atoms with Crippen molar-refractivity contribution in [2.75, 3.05) is 26.1 Å². The molecule has 0 bridgehead atoms. The second kappa shape index (κ2) is 14.3. The standard InChI is InChI=1S/C33H30ClNO7S/c1-21-24(4-3-5-27(21)23-6-7-29-32(14-23)40-10-9-39-29)20-42-31-15-30(25(18-36)13-28(31)34)41-19-22-12-26(17-35-16-22)43-11-8-33(37)38-2/h3-7,12-18H,8-11,19-20H2,1-2H3. The number of halogens is 1. The van der Waals surface area contributed by atoms with Crippen molar-refractivity contribution in [1.29, 1.82) is 0 Å². The first-order chi connectivity index (χ1) is 20.9. The van der Waals surface area contributed by atoms with E-state index in [0.717, 1.165) is 44.2 Å². The Bertz CT molecular complexity index is 1630. The molecule has 0 aliphatic carbocycles. The van der Waals surface area contributed by atoms with Crippen LogP contribution in [0.5, 0.6) is 23.0 Å². The number of aromatic nitrogens is 1. The van der Waals surface area contributed by atoms with Crippen LogP contribution >= 0.6 is 23.4 Å². The summed E-state index contributed by atoms with van der Waals surface area (Å²) in [5.74, 6) is 2.54. The molecule has 1 aliphatic rings. The number of fused-ring (bicyclic) bond motifs is 1. The maximum atomic E-state index is 11.8. The lowest BCUT2D eigenvalue weighted by atomic mass is 9.96. The molecule has 0 atom stereocenters. The lowest BCUT2D eigenvalue weighted by Crippen LogP contribution is -2.15. The summed E-state index contributed by atoms with van der Waals surface area (Å²) in [4.78, 5) is 28.3. The third kappa shape index (κ3) is 7.60. The lowest BCUT2D eigenvalue weighted by Gasteiger charge is -2.20. The molecule has 222 valence electrons. The number of pyridine rings is 1. The van der Waals surface area contributed by atoms with E-state index in [2.05, 4.69) is 15.8 Å². The maximum Gasteiger partial charge on any atom is 0.306 e. The molecule has 10 heteroatoms. The van der Waals surface area contributed by atoms with Crippen LogP contribution in [0.15, 0.2) is 71.9 Å². The molecule has 0 amide bonds. The van der Waals surface area contributed by atoms with Crippen LogP contribution in [0.3, 0.4) is 0 Å². The van der Waals surface area contributed by atoms with Gasteiger partial charge in [-0.3, -0.25) is 14.6 Å². The minimum atomic E-state index is -0.259. The molecule has 4 aromatic rings. The molecular formula is C33H30ClNO7S. The average molecular weight is 620 g/mol. The number of methoxy groups -OCH3 is 1. The smallest absolute Gasteiger partial charge is 0.306 e. The quantitative estimate of drug-likeness (QED) is 0.0934. The van der Waals surface area contributed by atoms with Gasteiger partial charge in [-0.1, -0.05) is 35.9 Å². The predicted molar refractivity (Wildman–Crippen MR) is 165 cm³/mol.